The number of halogens is 6. The van der Waals surface area contributed by atoms with Crippen LogP contribution in [0.15, 0.2) is 103 Å². The van der Waals surface area contributed by atoms with Gasteiger partial charge in [0.15, 0.2) is 0 Å². The van der Waals surface area contributed by atoms with E-state index in [-0.39, 0.29) is 54.1 Å². The van der Waals surface area contributed by atoms with E-state index < -0.39 is 59.3 Å². The Kier molecular flexibility index (Phi) is 11.5. The molecule has 7 nitrogen and oxygen atoms in total. The zero-order chi connectivity index (χ0) is 38.6. The molecule has 4 aromatic rings. The van der Waals surface area contributed by atoms with Crippen LogP contribution in [0.25, 0.3) is 0 Å². The summed E-state index contributed by atoms with van der Waals surface area (Å²) in [6, 6.07) is 24.5. The molecule has 0 aromatic heterocycles. The second kappa shape index (κ2) is 15.7. The minimum absolute atomic E-state index is 0.0208. The largest absolute Gasteiger partial charge is 0.489 e. The van der Waals surface area contributed by atoms with Crippen LogP contribution in [0, 0.1) is 0 Å². The molecule has 1 aliphatic heterocycles. The van der Waals surface area contributed by atoms with Gasteiger partial charge in [-0.3, -0.25) is 9.59 Å². The maximum Gasteiger partial charge on any atom is 0.442 e. The molecule has 0 N–H and O–H groups in total. The summed E-state index contributed by atoms with van der Waals surface area (Å²) in [6.45, 7) is 4.46. The number of alkyl halides is 6. The number of carbonyl (C=O) groups excluding carboxylic acids is 3. The van der Waals surface area contributed by atoms with E-state index in [1.807, 2.05) is 0 Å². The number of ether oxygens (including phenoxy) is 3. The Balaban J connectivity index is 1.58. The Morgan fingerprint density at radius 3 is 1.96 bits per heavy atom. The van der Waals surface area contributed by atoms with Gasteiger partial charge < -0.3 is 19.1 Å². The van der Waals surface area contributed by atoms with Crippen molar-refractivity contribution in [1.29, 1.82) is 0 Å². The van der Waals surface area contributed by atoms with Gasteiger partial charge in [0.1, 0.15) is 11.9 Å². The highest BCUT2D eigenvalue weighted by Crippen LogP contribution is 2.54. The molecule has 4 aromatic carbocycles. The second-order valence-electron chi connectivity index (χ2n) is 12.7. The third kappa shape index (κ3) is 8.18. The summed E-state index contributed by atoms with van der Waals surface area (Å²) in [5.41, 5.74) is -5.34. The van der Waals surface area contributed by atoms with E-state index in [1.165, 1.54) is 41.3 Å². The van der Waals surface area contributed by atoms with E-state index >= 15 is 0 Å². The number of nitrogens with zero attached hydrogens (tertiary/aromatic N) is 1. The van der Waals surface area contributed by atoms with Gasteiger partial charge in [0.25, 0.3) is 0 Å². The van der Waals surface area contributed by atoms with Crippen LogP contribution in [-0.4, -0.2) is 49.5 Å². The van der Waals surface area contributed by atoms with Crippen LogP contribution in [0.4, 0.5) is 32.0 Å². The van der Waals surface area contributed by atoms with Gasteiger partial charge in [-0.1, -0.05) is 72.8 Å². The van der Waals surface area contributed by atoms with E-state index in [9.17, 15) is 40.7 Å². The molecular weight excluding hydrogens is 704 g/mol. The van der Waals surface area contributed by atoms with Gasteiger partial charge in [0, 0.05) is 11.3 Å². The van der Waals surface area contributed by atoms with Crippen LogP contribution < -0.4 is 9.64 Å². The number of hydrogen-bond donors (Lipinski definition) is 0. The van der Waals surface area contributed by atoms with Crippen molar-refractivity contribution < 1.29 is 54.9 Å². The Morgan fingerprint density at radius 2 is 1.38 bits per heavy atom. The van der Waals surface area contributed by atoms with E-state index in [2.05, 4.69) is 4.74 Å². The Bertz CT molecular complexity index is 1900. The van der Waals surface area contributed by atoms with E-state index in [4.69, 9.17) is 9.47 Å². The number of carbonyl (C=O) groups is 3. The maximum atomic E-state index is 14.9. The number of hydrogen-bond acceptors (Lipinski definition) is 6. The first-order chi connectivity index (χ1) is 25.1. The summed E-state index contributed by atoms with van der Waals surface area (Å²) in [5.74, 6) is -4.80. The highest BCUT2D eigenvalue weighted by Gasteiger charge is 2.75. The summed E-state index contributed by atoms with van der Waals surface area (Å²) in [6.07, 6.45) is -13.1. The minimum Gasteiger partial charge on any atom is -0.489 e. The zero-order valence-corrected chi connectivity index (χ0v) is 29.0. The number of anilines is 1. The third-order valence-electron chi connectivity index (χ3n) is 9.19. The minimum atomic E-state index is -6.14. The van der Waals surface area contributed by atoms with Crippen molar-refractivity contribution in [3.8, 4) is 5.75 Å². The molecule has 53 heavy (non-hydrogen) atoms. The van der Waals surface area contributed by atoms with Crippen LogP contribution in [0.3, 0.4) is 0 Å². The number of benzene rings is 4. The number of rotatable bonds is 10. The first-order valence-electron chi connectivity index (χ1n) is 16.9. The highest BCUT2D eigenvalue weighted by molar-refractivity contribution is 5.99. The summed E-state index contributed by atoms with van der Waals surface area (Å²) in [5, 5.41) is 0. The lowest BCUT2D eigenvalue weighted by atomic mass is 9.88. The lowest BCUT2D eigenvalue weighted by Gasteiger charge is -2.38. The Labute approximate surface area is 302 Å². The average molecular weight is 742 g/mol. The molecule has 1 aliphatic rings. The Morgan fingerprint density at radius 1 is 0.774 bits per heavy atom. The first kappa shape index (κ1) is 38.9. The molecule has 0 saturated heterocycles. The van der Waals surface area contributed by atoms with Crippen molar-refractivity contribution in [2.45, 2.75) is 69.5 Å². The van der Waals surface area contributed by atoms with Crippen molar-refractivity contribution in [2.75, 3.05) is 18.1 Å². The molecule has 0 aliphatic carbocycles. The van der Waals surface area contributed by atoms with Crippen molar-refractivity contribution >= 4 is 23.5 Å². The van der Waals surface area contributed by atoms with E-state index in [1.54, 1.807) is 62.4 Å². The molecule has 280 valence electrons. The van der Waals surface area contributed by atoms with Crippen LogP contribution in [0.2, 0.25) is 0 Å². The van der Waals surface area contributed by atoms with Crippen LogP contribution in [0.1, 0.15) is 71.6 Å². The zero-order valence-electron chi connectivity index (χ0n) is 29.0. The standard InChI is InChI=1S/C40H37F6NO6/c1-4-51-37(50)30-16-11-17-32(23-30)52-33-20-18-29-22-31(19-21-34(29)47(24-33)35(48)25(2)27-12-7-5-8-13-27)38(39(41,42)43,40(44,45)46)53-36(49)26(3)28-14-9-6-10-15-28/h5-17,19,21-23,25-26,33H,4,18,20,24H2,1-3H3. The Hall–Kier alpha value is -5.33. The highest BCUT2D eigenvalue weighted by atomic mass is 19.4. The molecular formula is C40H37F6NO6. The average Bonchev–Trinajstić information content (AvgIpc) is 3.31. The molecule has 1 amide bonds. The van der Waals surface area contributed by atoms with E-state index in [0.29, 0.717) is 17.7 Å². The molecule has 5 rings (SSSR count). The number of aryl methyl sites for hydroxylation is 1. The van der Waals surface area contributed by atoms with Gasteiger partial charge in [0.2, 0.25) is 5.91 Å². The fourth-order valence-electron chi connectivity index (χ4n) is 6.28. The van der Waals surface area contributed by atoms with Gasteiger partial charge in [-0.25, -0.2) is 4.79 Å². The SMILES string of the molecule is CCOC(=O)c1cccc(OC2CCc3cc(C(OC(=O)C(C)c4ccccc4)(C(F)(F)F)C(F)(F)F)ccc3N(C(=O)C(C)c3ccccc3)C2)c1. The molecule has 0 spiro atoms. The second-order valence-corrected chi connectivity index (χ2v) is 12.7. The number of esters is 2. The molecule has 3 unspecified atom stereocenters. The van der Waals surface area contributed by atoms with Crippen molar-refractivity contribution in [2.24, 2.45) is 0 Å². The predicted molar refractivity (Wildman–Crippen MR) is 184 cm³/mol. The maximum absolute atomic E-state index is 14.9. The monoisotopic (exact) mass is 741 g/mol. The van der Waals surface area contributed by atoms with Gasteiger partial charge in [-0.2, -0.15) is 26.3 Å². The summed E-state index contributed by atoms with van der Waals surface area (Å²) >= 11 is 0. The lowest BCUT2D eigenvalue weighted by Crippen LogP contribution is -2.57. The topological polar surface area (TPSA) is 82.1 Å². The number of fused-ring (bicyclic) bond motifs is 1. The summed E-state index contributed by atoms with van der Waals surface area (Å²) in [7, 11) is 0. The molecule has 0 radical (unpaired) electrons. The van der Waals surface area contributed by atoms with Gasteiger partial charge in [-0.15, -0.1) is 0 Å². The van der Waals surface area contributed by atoms with Gasteiger partial charge >= 0.3 is 29.9 Å². The fourth-order valence-corrected chi connectivity index (χ4v) is 6.28. The third-order valence-corrected chi connectivity index (χ3v) is 9.19. The van der Waals surface area contributed by atoms with Crippen molar-refractivity contribution in [3.05, 3.63) is 131 Å². The van der Waals surface area contributed by atoms with E-state index in [0.717, 1.165) is 13.0 Å². The molecule has 1 heterocycles. The molecule has 13 heteroatoms. The van der Waals surface area contributed by atoms with Gasteiger partial charge in [0.05, 0.1) is 30.6 Å². The first-order valence-corrected chi connectivity index (χ1v) is 16.9. The number of amides is 1. The predicted octanol–water partition coefficient (Wildman–Crippen LogP) is 9.06. The molecule has 0 bridgehead atoms. The normalized spacial score (nSPS) is 16.1. The van der Waals surface area contributed by atoms with Crippen LogP contribution in [-0.2, 0) is 31.1 Å². The molecule has 0 fully saturated rings. The summed E-state index contributed by atoms with van der Waals surface area (Å²) < 4.78 is 105. The summed E-state index contributed by atoms with van der Waals surface area (Å²) in [4.78, 5) is 40.9. The van der Waals surface area contributed by atoms with Gasteiger partial charge in [-0.05, 0) is 80.6 Å². The molecule has 3 atom stereocenters. The van der Waals surface area contributed by atoms with Crippen LogP contribution in [0.5, 0.6) is 5.75 Å². The quantitative estimate of drug-likeness (QED) is 0.119. The van der Waals surface area contributed by atoms with Crippen molar-refractivity contribution in [3.63, 3.8) is 0 Å². The van der Waals surface area contributed by atoms with Crippen LogP contribution >= 0.6 is 0 Å². The molecule has 0 saturated carbocycles. The van der Waals surface area contributed by atoms with Crippen molar-refractivity contribution in [1.82, 2.24) is 0 Å². The lowest BCUT2D eigenvalue weighted by molar-refractivity contribution is -0.378. The fraction of sp³-hybridized carbons (Fsp3) is 0.325. The smallest absolute Gasteiger partial charge is 0.442 e.